The monoisotopic (exact) mass is 303 g/mol. The van der Waals surface area contributed by atoms with E-state index < -0.39 is 18.3 Å². The van der Waals surface area contributed by atoms with Crippen molar-refractivity contribution in [2.45, 2.75) is 38.9 Å². The van der Waals surface area contributed by atoms with Crippen LogP contribution in [0.2, 0.25) is 0 Å². The number of nitrogens with zero attached hydrogens (tertiary/aromatic N) is 1. The van der Waals surface area contributed by atoms with Gasteiger partial charge in [-0.3, -0.25) is 0 Å². The van der Waals surface area contributed by atoms with Gasteiger partial charge in [-0.15, -0.1) is 0 Å². The smallest absolute Gasteiger partial charge is 0.490 e. The van der Waals surface area contributed by atoms with Crippen LogP contribution in [0.15, 0.2) is 18.2 Å². The molecule has 0 amide bonds. The van der Waals surface area contributed by atoms with E-state index in [9.17, 15) is 5.26 Å². The predicted molar refractivity (Wildman–Crippen MR) is 84.2 cm³/mol. The number of benzene rings is 1. The highest BCUT2D eigenvalue weighted by molar-refractivity contribution is 6.62. The lowest BCUT2D eigenvalue weighted by Crippen LogP contribution is -2.41. The molecular formula is C16H22BNO4. The summed E-state index contributed by atoms with van der Waals surface area (Å²) in [6, 6.07) is 7.54. The van der Waals surface area contributed by atoms with Crippen LogP contribution in [-0.2, 0) is 14.0 Å². The predicted octanol–water partition coefficient (Wildman–Crippen LogP) is 1.88. The molecule has 0 bridgehead atoms. The first-order chi connectivity index (χ1) is 10.3. The van der Waals surface area contributed by atoms with Crippen LogP contribution in [0.5, 0.6) is 5.75 Å². The zero-order valence-corrected chi connectivity index (χ0v) is 13.8. The van der Waals surface area contributed by atoms with Crippen LogP contribution in [-0.4, -0.2) is 38.6 Å². The Bertz CT molecular complexity index is 564. The second-order valence-corrected chi connectivity index (χ2v) is 6.30. The fraction of sp³-hybridized carbons (Fsp3) is 0.562. The third-order valence-electron chi connectivity index (χ3n) is 4.19. The van der Waals surface area contributed by atoms with Crippen molar-refractivity contribution in [3.05, 3.63) is 23.8 Å². The van der Waals surface area contributed by atoms with E-state index >= 15 is 0 Å². The van der Waals surface area contributed by atoms with Gasteiger partial charge in [-0.25, -0.2) is 0 Å². The van der Waals surface area contributed by atoms with Crippen molar-refractivity contribution in [3.8, 4) is 11.8 Å². The lowest BCUT2D eigenvalue weighted by Gasteiger charge is -2.32. The van der Waals surface area contributed by atoms with Crippen molar-refractivity contribution < 1.29 is 18.8 Å². The molecule has 2 rings (SSSR count). The van der Waals surface area contributed by atoms with Gasteiger partial charge in [0.25, 0.3) is 0 Å². The molecule has 1 aromatic rings. The van der Waals surface area contributed by atoms with Gasteiger partial charge in [-0.1, -0.05) is 6.07 Å². The number of hydrogen-bond donors (Lipinski definition) is 0. The Kier molecular flexibility index (Phi) is 4.81. The number of hydrogen-bond acceptors (Lipinski definition) is 5. The summed E-state index contributed by atoms with van der Waals surface area (Å²) < 4.78 is 22.5. The van der Waals surface area contributed by atoms with Gasteiger partial charge in [-0.05, 0) is 45.3 Å². The molecule has 1 aromatic carbocycles. The summed E-state index contributed by atoms with van der Waals surface area (Å²) in [6.07, 6.45) is 0. The van der Waals surface area contributed by atoms with Crippen molar-refractivity contribution in [3.63, 3.8) is 0 Å². The Balaban J connectivity index is 2.19. The number of methoxy groups -OCH3 is 1. The van der Waals surface area contributed by atoms with Gasteiger partial charge in [0.1, 0.15) is 18.4 Å². The summed E-state index contributed by atoms with van der Waals surface area (Å²) in [7, 11) is 1.13. The van der Waals surface area contributed by atoms with Crippen molar-refractivity contribution in [1.29, 1.82) is 5.26 Å². The van der Waals surface area contributed by atoms with Crippen molar-refractivity contribution in [2.24, 2.45) is 0 Å². The molecule has 0 saturated carbocycles. The molecule has 1 heterocycles. The largest absolute Gasteiger partial charge is 0.494 e. The molecule has 1 aliphatic heterocycles. The molecule has 5 nitrogen and oxygen atoms in total. The van der Waals surface area contributed by atoms with Crippen LogP contribution in [0.4, 0.5) is 0 Å². The Morgan fingerprint density at radius 1 is 1.14 bits per heavy atom. The molecule has 6 heteroatoms. The molecule has 0 N–H and O–H groups in total. The quantitative estimate of drug-likeness (QED) is 0.614. The minimum Gasteiger partial charge on any atom is -0.490 e. The van der Waals surface area contributed by atoms with Gasteiger partial charge in [0.05, 0.1) is 23.4 Å². The molecule has 0 atom stereocenters. The fourth-order valence-electron chi connectivity index (χ4n) is 2.12. The summed E-state index contributed by atoms with van der Waals surface area (Å²) in [6.45, 7) is 8.88. The maximum atomic E-state index is 9.30. The average molecular weight is 303 g/mol. The molecular weight excluding hydrogens is 281 g/mol. The normalized spacial score (nSPS) is 19.0. The van der Waals surface area contributed by atoms with Crippen LogP contribution < -0.4 is 10.2 Å². The van der Waals surface area contributed by atoms with E-state index in [1.165, 1.54) is 0 Å². The molecule has 0 spiro atoms. The van der Waals surface area contributed by atoms with Gasteiger partial charge >= 0.3 is 7.12 Å². The molecule has 118 valence electrons. The van der Waals surface area contributed by atoms with E-state index in [1.807, 2.05) is 33.8 Å². The molecule has 0 aliphatic carbocycles. The van der Waals surface area contributed by atoms with Crippen LogP contribution in [0.25, 0.3) is 0 Å². The Morgan fingerprint density at radius 3 is 2.32 bits per heavy atom. The van der Waals surface area contributed by atoms with Crippen LogP contribution >= 0.6 is 0 Å². The van der Waals surface area contributed by atoms with Gasteiger partial charge in [0.15, 0.2) is 0 Å². The van der Waals surface area contributed by atoms with Crippen molar-refractivity contribution in [2.75, 3.05) is 20.3 Å². The third kappa shape index (κ3) is 3.27. The zero-order valence-electron chi connectivity index (χ0n) is 13.8. The van der Waals surface area contributed by atoms with E-state index in [1.54, 1.807) is 19.2 Å². The number of ether oxygens (including phenoxy) is 2. The maximum Gasteiger partial charge on any atom is 0.494 e. The summed E-state index contributed by atoms with van der Waals surface area (Å²) in [4.78, 5) is 0. The van der Waals surface area contributed by atoms with E-state index in [4.69, 9.17) is 18.8 Å². The third-order valence-corrected chi connectivity index (χ3v) is 4.19. The highest BCUT2D eigenvalue weighted by Gasteiger charge is 2.51. The highest BCUT2D eigenvalue weighted by atomic mass is 16.7. The summed E-state index contributed by atoms with van der Waals surface area (Å²) in [5.74, 6) is 0.541. The molecule has 1 fully saturated rings. The zero-order chi connectivity index (χ0) is 16.4. The molecule has 22 heavy (non-hydrogen) atoms. The van der Waals surface area contributed by atoms with E-state index in [2.05, 4.69) is 6.07 Å². The van der Waals surface area contributed by atoms with Gasteiger partial charge in [0, 0.05) is 7.11 Å². The lowest BCUT2D eigenvalue weighted by atomic mass is 9.78. The summed E-state index contributed by atoms with van der Waals surface area (Å²) >= 11 is 0. The Hall–Kier alpha value is -1.55. The topological polar surface area (TPSA) is 60.7 Å². The van der Waals surface area contributed by atoms with Crippen LogP contribution in [0.3, 0.4) is 0 Å². The first-order valence-corrected chi connectivity index (χ1v) is 7.32. The number of nitriles is 1. The molecule has 1 aliphatic rings. The minimum atomic E-state index is -0.481. The van der Waals surface area contributed by atoms with Gasteiger partial charge < -0.3 is 18.8 Å². The highest BCUT2D eigenvalue weighted by Crippen LogP contribution is 2.36. The second kappa shape index (κ2) is 6.29. The lowest BCUT2D eigenvalue weighted by molar-refractivity contribution is 0.00578. The fourth-order valence-corrected chi connectivity index (χ4v) is 2.12. The molecule has 1 saturated heterocycles. The number of rotatable bonds is 5. The van der Waals surface area contributed by atoms with E-state index in [0.29, 0.717) is 24.5 Å². The minimum absolute atomic E-state index is 0.404. The second-order valence-electron chi connectivity index (χ2n) is 6.30. The SMILES string of the molecule is COCCOc1ccc(B2OC(C)(C)C(C)(C)O2)cc1C#N. The Morgan fingerprint density at radius 2 is 1.77 bits per heavy atom. The molecule has 0 aromatic heterocycles. The van der Waals surface area contributed by atoms with Crippen molar-refractivity contribution in [1.82, 2.24) is 0 Å². The first-order valence-electron chi connectivity index (χ1n) is 7.32. The molecule has 0 unspecified atom stereocenters. The maximum absolute atomic E-state index is 9.30. The molecule has 0 radical (unpaired) electrons. The van der Waals surface area contributed by atoms with Crippen molar-refractivity contribution >= 4 is 12.6 Å². The van der Waals surface area contributed by atoms with Gasteiger partial charge in [0.2, 0.25) is 0 Å². The van der Waals surface area contributed by atoms with E-state index in [-0.39, 0.29) is 0 Å². The first kappa shape index (κ1) is 16.8. The van der Waals surface area contributed by atoms with Crippen LogP contribution in [0, 0.1) is 11.3 Å². The standard InChI is InChI=1S/C16H22BNO4/c1-15(2)16(3,4)22-17(21-15)13-6-7-14(12(10-13)11-18)20-9-8-19-5/h6-7,10H,8-9H2,1-5H3. The van der Waals surface area contributed by atoms with E-state index in [0.717, 1.165) is 5.46 Å². The van der Waals surface area contributed by atoms with Gasteiger partial charge in [-0.2, -0.15) is 5.26 Å². The summed E-state index contributed by atoms with van der Waals surface area (Å²) in [5.41, 5.74) is 0.466. The Labute approximate surface area is 132 Å². The van der Waals surface area contributed by atoms with Crippen LogP contribution in [0.1, 0.15) is 33.3 Å². The average Bonchev–Trinajstić information content (AvgIpc) is 2.68. The summed E-state index contributed by atoms with van der Waals surface area (Å²) in [5, 5.41) is 9.30.